The molecule has 0 radical (unpaired) electrons. The molecule has 0 fully saturated rings. The van der Waals surface area contributed by atoms with Crippen molar-refractivity contribution in [3.8, 4) is 0 Å². The van der Waals surface area contributed by atoms with Crippen LogP contribution in [-0.2, 0) is 27.9 Å². The third-order valence-corrected chi connectivity index (χ3v) is 14.9. The standard InChI is InChI=1S/C64H121N2O7P/c1-7-10-13-16-19-22-25-28-30-32-33-35-37-39-42-45-48-51-54-57-64(68)73-62(55-52-49-46-43-40-27-24-21-18-15-12-9-3)61(60-72-74(69,70)71-59-58-66(4,5)6)65-63(67)56-53-50-47-44-41-38-36-34-31-29-26-23-20-17-14-11-8-2/h20,23,28-31,52,55,61-62H,7-19,21-22,24-27,32-51,53-54,56-60H2,1-6H3,(H-,65,67,69,70)/b23-20-,30-28+,31-29-,55-52+. The number of quaternary nitrogens is 1. The maximum absolute atomic E-state index is 13.5. The van der Waals surface area contributed by atoms with Gasteiger partial charge in [0.05, 0.1) is 33.8 Å². The van der Waals surface area contributed by atoms with Crippen LogP contribution in [0.2, 0.25) is 0 Å². The van der Waals surface area contributed by atoms with Crippen molar-refractivity contribution in [3.63, 3.8) is 0 Å². The van der Waals surface area contributed by atoms with Crippen LogP contribution in [0.1, 0.15) is 297 Å². The molecule has 3 atom stereocenters. The van der Waals surface area contributed by atoms with Gasteiger partial charge < -0.3 is 28.5 Å². The molecule has 9 nitrogen and oxygen atoms in total. The summed E-state index contributed by atoms with van der Waals surface area (Å²) in [6.07, 6.45) is 66.4. The highest BCUT2D eigenvalue weighted by Crippen LogP contribution is 2.38. The van der Waals surface area contributed by atoms with E-state index >= 15 is 0 Å². The van der Waals surface area contributed by atoms with E-state index in [1.807, 2.05) is 33.3 Å². The van der Waals surface area contributed by atoms with E-state index in [2.05, 4.69) is 62.5 Å². The molecule has 0 saturated carbocycles. The Bertz CT molecular complexity index is 1410. The molecule has 0 aromatic heterocycles. The fraction of sp³-hybridized carbons (Fsp3) is 0.844. The number of rotatable bonds is 57. The Balaban J connectivity index is 5.25. The second kappa shape index (κ2) is 54.3. The summed E-state index contributed by atoms with van der Waals surface area (Å²) >= 11 is 0. The van der Waals surface area contributed by atoms with Crippen molar-refractivity contribution in [2.24, 2.45) is 0 Å². The molecule has 0 bridgehead atoms. The van der Waals surface area contributed by atoms with Gasteiger partial charge in [-0.05, 0) is 89.5 Å². The van der Waals surface area contributed by atoms with E-state index in [0.29, 0.717) is 17.4 Å². The molecule has 3 unspecified atom stereocenters. The zero-order chi connectivity index (χ0) is 54.3. The lowest BCUT2D eigenvalue weighted by molar-refractivity contribution is -0.870. The molecule has 0 aromatic carbocycles. The fourth-order valence-corrected chi connectivity index (χ4v) is 9.80. The molecular formula is C64H121N2O7P. The number of nitrogens with zero attached hydrogens (tertiary/aromatic N) is 1. The molecule has 0 saturated heterocycles. The van der Waals surface area contributed by atoms with Gasteiger partial charge in [-0.2, -0.15) is 0 Å². The number of phosphoric acid groups is 1. The Morgan fingerprint density at radius 2 is 0.824 bits per heavy atom. The summed E-state index contributed by atoms with van der Waals surface area (Å²) in [4.78, 5) is 40.0. The summed E-state index contributed by atoms with van der Waals surface area (Å²) < 4.78 is 30.3. The predicted octanol–water partition coefficient (Wildman–Crippen LogP) is 18.6. The molecule has 0 spiro atoms. The molecule has 434 valence electrons. The number of unbranched alkanes of at least 4 members (excludes halogenated alkanes) is 35. The topological polar surface area (TPSA) is 114 Å². The Kier molecular flexibility index (Phi) is 52.8. The van der Waals surface area contributed by atoms with Gasteiger partial charge in [0.25, 0.3) is 7.82 Å². The van der Waals surface area contributed by atoms with Crippen molar-refractivity contribution in [3.05, 3.63) is 48.6 Å². The Morgan fingerprint density at radius 3 is 1.26 bits per heavy atom. The van der Waals surface area contributed by atoms with Crippen LogP contribution < -0.4 is 10.2 Å². The van der Waals surface area contributed by atoms with Crippen LogP contribution in [0.3, 0.4) is 0 Å². The highest BCUT2D eigenvalue weighted by atomic mass is 31.2. The van der Waals surface area contributed by atoms with Gasteiger partial charge in [-0.1, -0.05) is 243 Å². The molecule has 0 aliphatic rings. The minimum absolute atomic E-state index is 0.0239. The number of hydrogen-bond donors (Lipinski definition) is 1. The van der Waals surface area contributed by atoms with E-state index in [0.717, 1.165) is 77.0 Å². The first-order chi connectivity index (χ1) is 35.9. The maximum Gasteiger partial charge on any atom is 0.306 e. The summed E-state index contributed by atoms with van der Waals surface area (Å²) in [7, 11) is 1.18. The molecule has 74 heavy (non-hydrogen) atoms. The lowest BCUT2D eigenvalue weighted by Crippen LogP contribution is -2.47. The largest absolute Gasteiger partial charge is 0.756 e. The van der Waals surface area contributed by atoms with Crippen molar-refractivity contribution in [2.45, 2.75) is 309 Å². The van der Waals surface area contributed by atoms with Gasteiger partial charge in [-0.25, -0.2) is 0 Å². The van der Waals surface area contributed by atoms with Crippen molar-refractivity contribution < 1.29 is 37.3 Å². The number of amides is 1. The zero-order valence-electron chi connectivity index (χ0n) is 49.6. The molecule has 0 aliphatic heterocycles. The predicted molar refractivity (Wildman–Crippen MR) is 316 cm³/mol. The van der Waals surface area contributed by atoms with Crippen LogP contribution in [0.25, 0.3) is 0 Å². The van der Waals surface area contributed by atoms with Gasteiger partial charge >= 0.3 is 5.97 Å². The summed E-state index contributed by atoms with van der Waals surface area (Å²) in [5.74, 6) is -0.544. The summed E-state index contributed by atoms with van der Waals surface area (Å²) in [5.41, 5.74) is 0. The molecule has 0 aliphatic carbocycles. The van der Waals surface area contributed by atoms with Crippen molar-refractivity contribution in [1.29, 1.82) is 0 Å². The van der Waals surface area contributed by atoms with Gasteiger partial charge in [0, 0.05) is 12.8 Å². The van der Waals surface area contributed by atoms with E-state index in [1.165, 1.54) is 186 Å². The lowest BCUT2D eigenvalue weighted by atomic mass is 10.0. The minimum atomic E-state index is -4.70. The van der Waals surface area contributed by atoms with Crippen LogP contribution >= 0.6 is 7.82 Å². The number of carbonyl (C=O) groups is 2. The molecule has 0 heterocycles. The SMILES string of the molecule is CCCCC/C=C\C/C=C\CCCCCCCCCC(=O)NC(COP(=O)([O-])OCC[N+](C)(C)C)C(/C=C/CCCCCCCCCCCC)OC(=O)CCCCCCCCCCC/C=C/CCCCCCCC. The number of allylic oxidation sites excluding steroid dienone is 7. The number of ether oxygens (including phenoxy) is 1. The minimum Gasteiger partial charge on any atom is -0.756 e. The van der Waals surface area contributed by atoms with E-state index in [1.54, 1.807) is 0 Å². The first-order valence-electron chi connectivity index (χ1n) is 31.4. The normalized spacial score (nSPS) is 14.0. The van der Waals surface area contributed by atoms with Crippen LogP contribution in [0.15, 0.2) is 48.6 Å². The average Bonchev–Trinajstić information content (AvgIpc) is 3.36. The number of nitrogens with one attached hydrogen (secondary N) is 1. The van der Waals surface area contributed by atoms with Gasteiger partial charge in [0.2, 0.25) is 5.91 Å². The van der Waals surface area contributed by atoms with E-state index in [-0.39, 0.29) is 24.9 Å². The summed E-state index contributed by atoms with van der Waals surface area (Å²) in [6.45, 7) is 6.83. The number of likely N-dealkylation sites (N-methyl/N-ethyl adjacent to an activating group) is 1. The van der Waals surface area contributed by atoms with E-state index in [4.69, 9.17) is 13.8 Å². The third-order valence-electron chi connectivity index (χ3n) is 14.0. The highest BCUT2D eigenvalue weighted by Gasteiger charge is 2.27. The van der Waals surface area contributed by atoms with E-state index < -0.39 is 26.6 Å². The lowest BCUT2D eigenvalue weighted by Gasteiger charge is -2.30. The summed E-state index contributed by atoms with van der Waals surface area (Å²) in [5, 5.41) is 3.03. The second-order valence-corrected chi connectivity index (χ2v) is 24.0. The number of phosphoric ester groups is 1. The van der Waals surface area contributed by atoms with Crippen LogP contribution in [0.4, 0.5) is 0 Å². The third kappa shape index (κ3) is 54.7. The highest BCUT2D eigenvalue weighted by molar-refractivity contribution is 7.45. The fourth-order valence-electron chi connectivity index (χ4n) is 9.08. The number of esters is 1. The first kappa shape index (κ1) is 72.0. The van der Waals surface area contributed by atoms with Gasteiger partial charge in [-0.15, -0.1) is 0 Å². The van der Waals surface area contributed by atoms with Crippen molar-refractivity contribution in [1.82, 2.24) is 5.32 Å². The second-order valence-electron chi connectivity index (χ2n) is 22.6. The average molecular weight is 1060 g/mol. The molecule has 10 heteroatoms. The van der Waals surface area contributed by atoms with Gasteiger partial charge in [0.15, 0.2) is 0 Å². The van der Waals surface area contributed by atoms with Gasteiger partial charge in [-0.3, -0.25) is 14.2 Å². The maximum atomic E-state index is 13.5. The Labute approximate surface area is 458 Å². The molecular weight excluding hydrogens is 940 g/mol. The van der Waals surface area contributed by atoms with E-state index in [9.17, 15) is 19.0 Å². The molecule has 1 N–H and O–H groups in total. The molecule has 0 rings (SSSR count). The van der Waals surface area contributed by atoms with Crippen molar-refractivity contribution >= 4 is 19.7 Å². The van der Waals surface area contributed by atoms with Crippen LogP contribution in [0, 0.1) is 0 Å². The van der Waals surface area contributed by atoms with Crippen molar-refractivity contribution in [2.75, 3.05) is 40.9 Å². The number of hydrogen-bond acceptors (Lipinski definition) is 7. The quantitative estimate of drug-likeness (QED) is 0.0212. The monoisotopic (exact) mass is 1060 g/mol. The van der Waals surface area contributed by atoms with Gasteiger partial charge in [0.1, 0.15) is 19.3 Å². The van der Waals surface area contributed by atoms with Crippen LogP contribution in [0.5, 0.6) is 0 Å². The van der Waals surface area contributed by atoms with Crippen LogP contribution in [-0.4, -0.2) is 69.4 Å². The summed E-state index contributed by atoms with van der Waals surface area (Å²) in [6, 6.07) is -0.892. The Morgan fingerprint density at radius 1 is 0.473 bits per heavy atom. The number of carbonyl (C=O) groups excluding carboxylic acids is 2. The smallest absolute Gasteiger partial charge is 0.306 e. The zero-order valence-corrected chi connectivity index (χ0v) is 50.4. The molecule has 0 aromatic rings. The molecule has 1 amide bonds. The first-order valence-corrected chi connectivity index (χ1v) is 32.9. The Hall–Kier alpha value is -2.03.